The SMILES string of the molecule is C[C@H]1C(=O)Nc2ccc(C(=O)CN3C(=O)C(=O)N(C4CCCC4)C3=O)cc21. The van der Waals surface area contributed by atoms with Gasteiger partial charge in [-0.05, 0) is 43.5 Å². The van der Waals surface area contributed by atoms with Crippen LogP contribution in [0.4, 0.5) is 10.5 Å². The Balaban J connectivity index is 1.53. The summed E-state index contributed by atoms with van der Waals surface area (Å²) in [4.78, 5) is 63.1. The molecule has 1 atom stereocenters. The van der Waals surface area contributed by atoms with E-state index in [1.807, 2.05) is 0 Å². The lowest BCUT2D eigenvalue weighted by atomic mass is 9.99. The van der Waals surface area contributed by atoms with Gasteiger partial charge in [0.1, 0.15) is 0 Å². The van der Waals surface area contributed by atoms with Crippen LogP contribution in [0.25, 0.3) is 0 Å². The molecule has 3 aliphatic rings. The van der Waals surface area contributed by atoms with Crippen molar-refractivity contribution in [3.63, 3.8) is 0 Å². The van der Waals surface area contributed by atoms with E-state index in [9.17, 15) is 24.0 Å². The number of Topliss-reactive ketones (excluding diaryl/α,β-unsaturated/α-hetero) is 1. The fourth-order valence-corrected chi connectivity index (χ4v) is 3.97. The Morgan fingerprint density at radius 3 is 2.52 bits per heavy atom. The number of fused-ring (bicyclic) bond motifs is 1. The van der Waals surface area contributed by atoms with E-state index in [2.05, 4.69) is 5.32 Å². The maximum Gasteiger partial charge on any atom is 0.334 e. The summed E-state index contributed by atoms with van der Waals surface area (Å²) in [5.74, 6) is -2.77. The van der Waals surface area contributed by atoms with E-state index in [0.717, 1.165) is 22.6 Å². The molecule has 1 aliphatic carbocycles. The van der Waals surface area contributed by atoms with Crippen molar-refractivity contribution in [2.45, 2.75) is 44.6 Å². The lowest BCUT2D eigenvalue weighted by molar-refractivity contribution is -0.143. The summed E-state index contributed by atoms with van der Waals surface area (Å²) in [7, 11) is 0. The highest BCUT2D eigenvalue weighted by molar-refractivity contribution is 6.45. The molecule has 1 saturated carbocycles. The summed E-state index contributed by atoms with van der Waals surface area (Å²) >= 11 is 0. The summed E-state index contributed by atoms with van der Waals surface area (Å²) in [6.45, 7) is 1.25. The fourth-order valence-electron chi connectivity index (χ4n) is 3.97. The average Bonchev–Trinajstić information content (AvgIpc) is 3.32. The molecule has 1 aromatic rings. The van der Waals surface area contributed by atoms with Crippen LogP contribution in [0, 0.1) is 0 Å². The number of nitrogens with one attached hydrogen (secondary N) is 1. The van der Waals surface area contributed by atoms with Gasteiger partial charge in [-0.15, -0.1) is 0 Å². The van der Waals surface area contributed by atoms with Crippen molar-refractivity contribution >= 4 is 35.2 Å². The number of benzene rings is 1. The molecule has 0 spiro atoms. The second-order valence-corrected chi connectivity index (χ2v) is 7.22. The third-order valence-corrected chi connectivity index (χ3v) is 5.57. The summed E-state index contributed by atoms with van der Waals surface area (Å²) in [5, 5.41) is 2.72. The van der Waals surface area contributed by atoms with Crippen LogP contribution in [0.5, 0.6) is 0 Å². The quantitative estimate of drug-likeness (QED) is 0.494. The maximum atomic E-state index is 12.6. The van der Waals surface area contributed by atoms with Gasteiger partial charge in [0.2, 0.25) is 5.91 Å². The molecule has 2 aliphatic heterocycles. The minimum Gasteiger partial charge on any atom is -0.325 e. The zero-order valence-electron chi connectivity index (χ0n) is 14.9. The lowest BCUT2D eigenvalue weighted by Gasteiger charge is -2.20. The van der Waals surface area contributed by atoms with Crippen LogP contribution in [0.3, 0.4) is 0 Å². The summed E-state index contributed by atoms with van der Waals surface area (Å²) in [6.07, 6.45) is 3.20. The Morgan fingerprint density at radius 2 is 1.81 bits per heavy atom. The number of urea groups is 1. The molecule has 1 N–H and O–H groups in total. The van der Waals surface area contributed by atoms with Crippen LogP contribution >= 0.6 is 0 Å². The Morgan fingerprint density at radius 1 is 1.11 bits per heavy atom. The summed E-state index contributed by atoms with van der Waals surface area (Å²) in [5.41, 5.74) is 1.65. The van der Waals surface area contributed by atoms with Gasteiger partial charge < -0.3 is 5.32 Å². The highest BCUT2D eigenvalue weighted by atomic mass is 16.2. The molecule has 2 heterocycles. The van der Waals surface area contributed by atoms with Crippen molar-refractivity contribution in [1.29, 1.82) is 0 Å². The minimum atomic E-state index is -0.952. The Bertz CT molecular complexity index is 887. The third-order valence-electron chi connectivity index (χ3n) is 5.57. The molecule has 5 amide bonds. The number of carbonyl (C=O) groups excluding carboxylic acids is 5. The van der Waals surface area contributed by atoms with Gasteiger partial charge in [0.25, 0.3) is 0 Å². The molecular formula is C19H19N3O5. The standard InChI is InChI=1S/C19H19N3O5/c1-10-13-8-11(6-7-14(13)20-16(10)24)15(23)9-21-17(25)18(26)22(19(21)27)12-4-2-3-5-12/h6-8,10,12H,2-5,9H2,1H3,(H,20,24)/t10-/m1/s1. The molecule has 0 bridgehead atoms. The van der Waals surface area contributed by atoms with Gasteiger partial charge in [-0.25, -0.2) is 9.69 Å². The fraction of sp³-hybridized carbons (Fsp3) is 0.421. The van der Waals surface area contributed by atoms with Gasteiger partial charge in [-0.1, -0.05) is 12.8 Å². The van der Waals surface area contributed by atoms with E-state index < -0.39 is 30.2 Å². The van der Waals surface area contributed by atoms with E-state index in [-0.39, 0.29) is 17.9 Å². The Hall–Kier alpha value is -3.03. The number of hydrogen-bond donors (Lipinski definition) is 1. The van der Waals surface area contributed by atoms with Crippen LogP contribution in [0.1, 0.15) is 54.4 Å². The lowest BCUT2D eigenvalue weighted by Crippen LogP contribution is -2.41. The molecule has 140 valence electrons. The van der Waals surface area contributed by atoms with Crippen LogP contribution in [0.15, 0.2) is 18.2 Å². The van der Waals surface area contributed by atoms with E-state index >= 15 is 0 Å². The zero-order valence-corrected chi connectivity index (χ0v) is 14.9. The number of ketones is 1. The van der Waals surface area contributed by atoms with Gasteiger partial charge in [0, 0.05) is 17.3 Å². The maximum absolute atomic E-state index is 12.6. The smallest absolute Gasteiger partial charge is 0.325 e. The topological polar surface area (TPSA) is 104 Å². The van der Waals surface area contributed by atoms with Gasteiger partial charge in [0.15, 0.2) is 5.78 Å². The predicted octanol–water partition coefficient (Wildman–Crippen LogP) is 1.66. The first-order chi connectivity index (χ1) is 12.9. The van der Waals surface area contributed by atoms with Gasteiger partial charge in [-0.3, -0.25) is 24.1 Å². The highest BCUT2D eigenvalue weighted by Gasteiger charge is 2.48. The van der Waals surface area contributed by atoms with Gasteiger partial charge >= 0.3 is 17.8 Å². The molecule has 4 rings (SSSR count). The number of nitrogens with zero attached hydrogens (tertiary/aromatic N) is 2. The second kappa shape index (κ2) is 6.29. The molecule has 0 unspecified atom stereocenters. The number of imide groups is 2. The van der Waals surface area contributed by atoms with Crippen LogP contribution in [-0.4, -0.2) is 51.9 Å². The van der Waals surface area contributed by atoms with E-state index in [0.29, 0.717) is 29.7 Å². The molecule has 8 nitrogen and oxygen atoms in total. The normalized spacial score (nSPS) is 22.6. The third kappa shape index (κ3) is 2.72. The highest BCUT2D eigenvalue weighted by Crippen LogP contribution is 2.33. The van der Waals surface area contributed by atoms with Crippen molar-refractivity contribution in [3.05, 3.63) is 29.3 Å². The Labute approximate surface area is 155 Å². The molecule has 1 aromatic carbocycles. The second-order valence-electron chi connectivity index (χ2n) is 7.22. The van der Waals surface area contributed by atoms with Crippen molar-refractivity contribution in [1.82, 2.24) is 9.80 Å². The molecule has 8 heteroatoms. The monoisotopic (exact) mass is 369 g/mol. The zero-order chi connectivity index (χ0) is 19.3. The number of rotatable bonds is 4. The Kier molecular flexibility index (Phi) is 4.05. The van der Waals surface area contributed by atoms with Crippen molar-refractivity contribution in [3.8, 4) is 0 Å². The first kappa shape index (κ1) is 17.4. The minimum absolute atomic E-state index is 0.141. The van der Waals surface area contributed by atoms with E-state index in [1.54, 1.807) is 25.1 Å². The molecule has 1 saturated heterocycles. The van der Waals surface area contributed by atoms with Gasteiger partial charge in [-0.2, -0.15) is 0 Å². The number of hydrogen-bond acceptors (Lipinski definition) is 5. The first-order valence-corrected chi connectivity index (χ1v) is 9.05. The number of anilines is 1. The largest absolute Gasteiger partial charge is 0.334 e. The first-order valence-electron chi connectivity index (χ1n) is 9.05. The van der Waals surface area contributed by atoms with Crippen LogP contribution in [-0.2, 0) is 14.4 Å². The summed E-state index contributed by atoms with van der Waals surface area (Å²) in [6, 6.07) is 3.81. The molecule has 0 aromatic heterocycles. The number of amides is 5. The van der Waals surface area contributed by atoms with Crippen molar-refractivity contribution < 1.29 is 24.0 Å². The van der Waals surface area contributed by atoms with Crippen molar-refractivity contribution in [2.75, 3.05) is 11.9 Å². The molecule has 2 fully saturated rings. The van der Waals surface area contributed by atoms with Crippen LogP contribution < -0.4 is 5.32 Å². The van der Waals surface area contributed by atoms with E-state index in [4.69, 9.17) is 0 Å². The van der Waals surface area contributed by atoms with E-state index in [1.165, 1.54) is 0 Å². The predicted molar refractivity (Wildman–Crippen MR) is 94.0 cm³/mol. The molecule has 0 radical (unpaired) electrons. The average molecular weight is 369 g/mol. The van der Waals surface area contributed by atoms with Crippen LogP contribution in [0.2, 0.25) is 0 Å². The molecular weight excluding hydrogens is 350 g/mol. The van der Waals surface area contributed by atoms with Gasteiger partial charge in [0.05, 0.1) is 12.5 Å². The number of carbonyl (C=O) groups is 5. The summed E-state index contributed by atoms with van der Waals surface area (Å²) < 4.78 is 0. The van der Waals surface area contributed by atoms with Crippen molar-refractivity contribution in [2.24, 2.45) is 0 Å². The molecule has 27 heavy (non-hydrogen) atoms.